The molecular weight excluding hydrogens is 297 g/mol. The summed E-state index contributed by atoms with van der Waals surface area (Å²) in [5.74, 6) is 0. The van der Waals surface area contributed by atoms with Gasteiger partial charge in [-0.15, -0.1) is 0 Å². The van der Waals surface area contributed by atoms with Crippen LogP contribution in [0.15, 0.2) is 24.3 Å². The first kappa shape index (κ1) is 16.6. The fraction of sp³-hybridized carbons (Fsp3) is 0.533. The minimum absolute atomic E-state index is 0.0252. The number of hydrogen-bond donors (Lipinski definition) is 2. The van der Waals surface area contributed by atoms with Gasteiger partial charge in [0.1, 0.15) is 0 Å². The molecule has 2 rings (SSSR count). The summed E-state index contributed by atoms with van der Waals surface area (Å²) in [5, 5.41) is 5.23. The van der Waals surface area contributed by atoms with Gasteiger partial charge in [-0.2, -0.15) is 13.2 Å². The Balaban J connectivity index is 1.87. The van der Waals surface area contributed by atoms with Gasteiger partial charge in [0.25, 0.3) is 0 Å². The van der Waals surface area contributed by atoms with Gasteiger partial charge < -0.3 is 15.4 Å². The first-order valence-corrected chi connectivity index (χ1v) is 7.16. The van der Waals surface area contributed by atoms with E-state index in [0.29, 0.717) is 0 Å². The Morgan fingerprint density at radius 2 is 1.91 bits per heavy atom. The van der Waals surface area contributed by atoms with Crippen LogP contribution >= 0.6 is 0 Å². The van der Waals surface area contributed by atoms with Gasteiger partial charge in [0.05, 0.1) is 11.7 Å². The number of alkyl halides is 3. The second kappa shape index (κ2) is 7.00. The number of carbonyl (C=O) groups excluding carboxylic acids is 1. The number of anilines is 1. The van der Waals surface area contributed by atoms with Crippen molar-refractivity contribution in [1.82, 2.24) is 5.32 Å². The zero-order valence-electron chi connectivity index (χ0n) is 12.2. The van der Waals surface area contributed by atoms with Crippen LogP contribution in [-0.4, -0.2) is 25.3 Å². The number of carbonyl (C=O) groups is 1. The molecule has 1 aliphatic carbocycles. The Morgan fingerprint density at radius 3 is 2.50 bits per heavy atom. The number of methoxy groups -OCH3 is 1. The van der Waals surface area contributed by atoms with Gasteiger partial charge in [0.2, 0.25) is 0 Å². The molecule has 122 valence electrons. The fourth-order valence-corrected chi connectivity index (χ4v) is 2.57. The fourth-order valence-electron chi connectivity index (χ4n) is 2.57. The van der Waals surface area contributed by atoms with E-state index in [4.69, 9.17) is 4.74 Å². The van der Waals surface area contributed by atoms with Crippen LogP contribution in [0, 0.1) is 0 Å². The van der Waals surface area contributed by atoms with Crippen molar-refractivity contribution in [2.75, 3.05) is 12.4 Å². The lowest BCUT2D eigenvalue weighted by Gasteiger charge is -2.28. The van der Waals surface area contributed by atoms with E-state index in [1.165, 1.54) is 12.1 Å². The van der Waals surface area contributed by atoms with Gasteiger partial charge in [-0.1, -0.05) is 6.07 Å². The highest BCUT2D eigenvalue weighted by Crippen LogP contribution is 2.30. The molecule has 2 amide bonds. The lowest BCUT2D eigenvalue weighted by molar-refractivity contribution is -0.137. The molecule has 1 saturated carbocycles. The Kier molecular flexibility index (Phi) is 5.28. The molecule has 0 saturated heterocycles. The topological polar surface area (TPSA) is 50.4 Å². The van der Waals surface area contributed by atoms with E-state index in [9.17, 15) is 18.0 Å². The van der Waals surface area contributed by atoms with Crippen LogP contribution in [-0.2, 0) is 10.9 Å². The van der Waals surface area contributed by atoms with Crippen molar-refractivity contribution in [3.8, 4) is 0 Å². The molecule has 1 aromatic carbocycles. The Bertz CT molecular complexity index is 512. The third-order valence-electron chi connectivity index (χ3n) is 3.79. The maximum absolute atomic E-state index is 12.6. The SMILES string of the molecule is COC1CCC(NC(=O)Nc2cccc(C(F)(F)F)c2)CC1. The molecule has 0 heterocycles. The van der Waals surface area contributed by atoms with Crippen molar-refractivity contribution in [3.63, 3.8) is 0 Å². The smallest absolute Gasteiger partial charge is 0.381 e. The molecule has 0 spiro atoms. The van der Waals surface area contributed by atoms with Crippen LogP contribution in [0.2, 0.25) is 0 Å². The number of ether oxygens (including phenoxy) is 1. The summed E-state index contributed by atoms with van der Waals surface area (Å²) < 4.78 is 43.1. The van der Waals surface area contributed by atoms with Crippen molar-refractivity contribution in [3.05, 3.63) is 29.8 Å². The maximum atomic E-state index is 12.6. The van der Waals surface area contributed by atoms with Crippen molar-refractivity contribution < 1.29 is 22.7 Å². The van der Waals surface area contributed by atoms with E-state index in [1.807, 2.05) is 0 Å². The summed E-state index contributed by atoms with van der Waals surface area (Å²) in [5.41, 5.74) is -0.663. The van der Waals surface area contributed by atoms with Crippen LogP contribution in [0.3, 0.4) is 0 Å². The van der Waals surface area contributed by atoms with Gasteiger partial charge in [0, 0.05) is 18.8 Å². The molecule has 0 radical (unpaired) electrons. The summed E-state index contributed by atoms with van der Waals surface area (Å²) in [4.78, 5) is 11.9. The molecule has 2 N–H and O–H groups in total. The zero-order valence-corrected chi connectivity index (χ0v) is 12.2. The number of rotatable bonds is 3. The summed E-state index contributed by atoms with van der Waals surface area (Å²) in [6.07, 6.45) is -0.865. The average molecular weight is 316 g/mol. The van der Waals surface area contributed by atoms with Crippen LogP contribution in [0.1, 0.15) is 31.2 Å². The minimum atomic E-state index is -4.42. The monoisotopic (exact) mass is 316 g/mol. The normalized spacial score (nSPS) is 22.2. The molecule has 0 bridgehead atoms. The molecule has 4 nitrogen and oxygen atoms in total. The molecule has 0 aliphatic heterocycles. The van der Waals surface area contributed by atoms with Crippen LogP contribution in [0.4, 0.5) is 23.7 Å². The quantitative estimate of drug-likeness (QED) is 0.891. The summed E-state index contributed by atoms with van der Waals surface area (Å²) in [6, 6.07) is 4.12. The van der Waals surface area contributed by atoms with Crippen molar-refractivity contribution >= 4 is 11.7 Å². The molecule has 22 heavy (non-hydrogen) atoms. The number of benzene rings is 1. The molecule has 1 aliphatic rings. The van der Waals surface area contributed by atoms with Crippen LogP contribution in [0.5, 0.6) is 0 Å². The van der Waals surface area contributed by atoms with E-state index in [0.717, 1.165) is 37.8 Å². The van der Waals surface area contributed by atoms with Gasteiger partial charge in [-0.3, -0.25) is 0 Å². The predicted octanol–water partition coefficient (Wildman–Crippen LogP) is 3.78. The molecule has 0 unspecified atom stereocenters. The highest BCUT2D eigenvalue weighted by Gasteiger charge is 2.30. The number of hydrogen-bond acceptors (Lipinski definition) is 2. The highest BCUT2D eigenvalue weighted by molar-refractivity contribution is 5.89. The molecule has 0 atom stereocenters. The first-order chi connectivity index (χ1) is 10.4. The Morgan fingerprint density at radius 1 is 1.23 bits per heavy atom. The second-order valence-electron chi connectivity index (χ2n) is 5.39. The third kappa shape index (κ3) is 4.62. The number of amides is 2. The lowest BCUT2D eigenvalue weighted by atomic mass is 9.93. The summed E-state index contributed by atoms with van der Waals surface area (Å²) in [6.45, 7) is 0. The predicted molar refractivity (Wildman–Crippen MR) is 76.7 cm³/mol. The first-order valence-electron chi connectivity index (χ1n) is 7.16. The number of urea groups is 1. The van der Waals surface area contributed by atoms with Gasteiger partial charge >= 0.3 is 12.2 Å². The molecule has 1 fully saturated rings. The van der Waals surface area contributed by atoms with E-state index in [-0.39, 0.29) is 17.8 Å². The largest absolute Gasteiger partial charge is 0.416 e. The Labute approximate surface area is 127 Å². The zero-order chi connectivity index (χ0) is 16.2. The van der Waals surface area contributed by atoms with Crippen LogP contribution < -0.4 is 10.6 Å². The maximum Gasteiger partial charge on any atom is 0.416 e. The highest BCUT2D eigenvalue weighted by atomic mass is 19.4. The summed E-state index contributed by atoms with van der Waals surface area (Å²) >= 11 is 0. The standard InChI is InChI=1S/C15H19F3N2O2/c1-22-13-7-5-11(6-8-13)19-14(21)20-12-4-2-3-10(9-12)15(16,17)18/h2-4,9,11,13H,5-8H2,1H3,(H2,19,20,21). The lowest BCUT2D eigenvalue weighted by Crippen LogP contribution is -2.41. The number of nitrogens with one attached hydrogen (secondary N) is 2. The van der Waals surface area contributed by atoms with Gasteiger partial charge in [-0.05, 0) is 43.9 Å². The minimum Gasteiger partial charge on any atom is -0.381 e. The van der Waals surface area contributed by atoms with E-state index < -0.39 is 17.8 Å². The van der Waals surface area contributed by atoms with E-state index >= 15 is 0 Å². The average Bonchev–Trinajstić information content (AvgIpc) is 2.47. The molecular formula is C15H19F3N2O2. The molecule has 0 aromatic heterocycles. The van der Waals surface area contributed by atoms with Gasteiger partial charge in [0.15, 0.2) is 0 Å². The third-order valence-corrected chi connectivity index (χ3v) is 3.79. The van der Waals surface area contributed by atoms with Crippen molar-refractivity contribution in [1.29, 1.82) is 0 Å². The number of halogens is 3. The molecule has 1 aromatic rings. The van der Waals surface area contributed by atoms with Crippen molar-refractivity contribution in [2.45, 2.75) is 44.0 Å². The summed E-state index contributed by atoms with van der Waals surface area (Å²) in [7, 11) is 1.67. The second-order valence-corrected chi connectivity index (χ2v) is 5.39. The van der Waals surface area contributed by atoms with E-state index in [1.54, 1.807) is 7.11 Å². The van der Waals surface area contributed by atoms with Gasteiger partial charge in [-0.25, -0.2) is 4.79 Å². The van der Waals surface area contributed by atoms with E-state index in [2.05, 4.69) is 10.6 Å². The Hall–Kier alpha value is -1.76. The van der Waals surface area contributed by atoms with Crippen LogP contribution in [0.25, 0.3) is 0 Å². The molecule has 7 heteroatoms. The van der Waals surface area contributed by atoms with Crippen molar-refractivity contribution in [2.24, 2.45) is 0 Å².